The van der Waals surface area contributed by atoms with Crippen molar-refractivity contribution >= 4 is 17.8 Å². The van der Waals surface area contributed by atoms with Gasteiger partial charge in [-0.05, 0) is 12.8 Å². The second-order valence-corrected chi connectivity index (χ2v) is 3.85. The predicted molar refractivity (Wildman–Crippen MR) is 61.7 cm³/mol. The van der Waals surface area contributed by atoms with Crippen LogP contribution in [0.25, 0.3) is 0 Å². The van der Waals surface area contributed by atoms with Gasteiger partial charge in [0.15, 0.2) is 0 Å². The molecule has 0 saturated carbocycles. The number of carboxylic acid groups (broad SMARTS) is 2. The summed E-state index contributed by atoms with van der Waals surface area (Å²) in [6.07, 6.45) is 2.53. The number of hydrogen-bond acceptors (Lipinski definition) is 3. The van der Waals surface area contributed by atoms with Crippen molar-refractivity contribution in [2.45, 2.75) is 51.5 Å². The molecule has 0 unspecified atom stereocenters. The van der Waals surface area contributed by atoms with Crippen LogP contribution in [0.5, 0.6) is 0 Å². The third-order valence-corrected chi connectivity index (χ3v) is 2.29. The number of carbonyl (C=O) groups is 3. The Balaban J connectivity index is -0.00000128. The summed E-state index contributed by atoms with van der Waals surface area (Å²) < 4.78 is 0. The molecule has 0 aromatic heterocycles. The molecule has 0 aromatic carbocycles. The first-order valence-corrected chi connectivity index (χ1v) is 5.71. The van der Waals surface area contributed by atoms with Crippen LogP contribution in [0.1, 0.15) is 46.9 Å². The fourth-order valence-corrected chi connectivity index (χ4v) is 1.33. The zero-order valence-corrected chi connectivity index (χ0v) is 12.9. The SMILES string of the molecule is CCCCCC(=O)N[C@H](CCC(=O)O)C(=O)O.[H-].[Na+]. The van der Waals surface area contributed by atoms with E-state index in [0.29, 0.717) is 6.42 Å². The number of carboxylic acids is 2. The van der Waals surface area contributed by atoms with Gasteiger partial charge in [-0.15, -0.1) is 0 Å². The first-order chi connectivity index (χ1) is 7.97. The second kappa shape index (κ2) is 11.5. The van der Waals surface area contributed by atoms with Gasteiger partial charge in [-0.1, -0.05) is 19.8 Å². The van der Waals surface area contributed by atoms with E-state index in [0.717, 1.165) is 12.8 Å². The van der Waals surface area contributed by atoms with Crippen molar-refractivity contribution in [3.8, 4) is 0 Å². The van der Waals surface area contributed by atoms with E-state index in [1.165, 1.54) is 0 Å². The van der Waals surface area contributed by atoms with Crippen LogP contribution < -0.4 is 34.9 Å². The van der Waals surface area contributed by atoms with Crippen molar-refractivity contribution in [2.75, 3.05) is 0 Å². The van der Waals surface area contributed by atoms with Gasteiger partial charge in [0, 0.05) is 12.8 Å². The van der Waals surface area contributed by atoms with E-state index in [1.54, 1.807) is 0 Å². The van der Waals surface area contributed by atoms with Crippen LogP contribution in [0, 0.1) is 0 Å². The summed E-state index contributed by atoms with van der Waals surface area (Å²) in [5, 5.41) is 19.6. The molecule has 3 N–H and O–H groups in total. The van der Waals surface area contributed by atoms with Crippen LogP contribution in [0.2, 0.25) is 0 Å². The molecule has 0 rings (SSSR count). The molecule has 0 bridgehead atoms. The van der Waals surface area contributed by atoms with E-state index in [1.807, 2.05) is 6.92 Å². The van der Waals surface area contributed by atoms with E-state index in [4.69, 9.17) is 10.2 Å². The number of unbranched alkanes of at least 4 members (excludes halogenated alkanes) is 2. The first-order valence-electron chi connectivity index (χ1n) is 5.71. The third kappa shape index (κ3) is 10.6. The zero-order chi connectivity index (χ0) is 13.3. The average molecular weight is 269 g/mol. The number of amides is 1. The molecule has 0 aromatic rings. The van der Waals surface area contributed by atoms with E-state index < -0.39 is 18.0 Å². The standard InChI is InChI=1S/C11H19NO5.Na.H/c1-2-3-4-5-9(13)12-8(11(16)17)6-7-10(14)15;;/h8H,2-7H2,1H3,(H,12,13)(H,14,15)(H,16,17);;/q;+1;-1/t8-;;/m1../s1. The number of aliphatic carboxylic acids is 2. The Morgan fingerprint density at radius 3 is 2.22 bits per heavy atom. The van der Waals surface area contributed by atoms with Gasteiger partial charge in [-0.25, -0.2) is 4.79 Å². The fourth-order valence-electron chi connectivity index (χ4n) is 1.33. The Bertz CT molecular complexity index is 288. The Kier molecular flexibility index (Phi) is 12.6. The molecule has 6 nitrogen and oxygen atoms in total. The number of nitrogens with one attached hydrogen (secondary N) is 1. The van der Waals surface area contributed by atoms with Gasteiger partial charge in [0.25, 0.3) is 0 Å². The molecule has 7 heteroatoms. The molecule has 18 heavy (non-hydrogen) atoms. The predicted octanol–water partition coefficient (Wildman–Crippen LogP) is -1.88. The maximum atomic E-state index is 11.4. The van der Waals surface area contributed by atoms with E-state index in [2.05, 4.69) is 5.32 Å². The minimum atomic E-state index is -1.20. The Labute approximate surface area is 130 Å². The molecule has 0 aliphatic carbocycles. The van der Waals surface area contributed by atoms with Crippen LogP contribution in [-0.2, 0) is 14.4 Å². The largest absolute Gasteiger partial charge is 1.00 e. The van der Waals surface area contributed by atoms with E-state index in [9.17, 15) is 14.4 Å². The van der Waals surface area contributed by atoms with Crippen molar-refractivity contribution in [1.82, 2.24) is 5.32 Å². The third-order valence-electron chi connectivity index (χ3n) is 2.29. The minimum Gasteiger partial charge on any atom is -1.00 e. The van der Waals surface area contributed by atoms with Crippen molar-refractivity contribution < 1.29 is 55.6 Å². The normalized spacial score (nSPS) is 11.2. The van der Waals surface area contributed by atoms with Crippen LogP contribution in [-0.4, -0.2) is 34.1 Å². The quantitative estimate of drug-likeness (QED) is 0.336. The van der Waals surface area contributed by atoms with E-state index >= 15 is 0 Å². The van der Waals surface area contributed by atoms with Crippen molar-refractivity contribution in [1.29, 1.82) is 0 Å². The summed E-state index contributed by atoms with van der Waals surface area (Å²) in [4.78, 5) is 32.4. The van der Waals surface area contributed by atoms with Crippen molar-refractivity contribution in [3.05, 3.63) is 0 Å². The molecule has 100 valence electrons. The Hall–Kier alpha value is -0.590. The van der Waals surface area contributed by atoms with Gasteiger partial charge in [0.1, 0.15) is 6.04 Å². The monoisotopic (exact) mass is 269 g/mol. The molecular weight excluding hydrogens is 249 g/mol. The molecule has 1 atom stereocenters. The maximum Gasteiger partial charge on any atom is 1.00 e. The molecule has 0 radical (unpaired) electrons. The molecule has 0 aliphatic heterocycles. The molecule has 0 fully saturated rings. The minimum absolute atomic E-state index is 0. The Morgan fingerprint density at radius 2 is 1.78 bits per heavy atom. The molecular formula is C11H20NNaO5. The molecule has 0 saturated heterocycles. The molecule has 0 spiro atoms. The zero-order valence-electron chi connectivity index (χ0n) is 11.9. The van der Waals surface area contributed by atoms with Crippen molar-refractivity contribution in [3.63, 3.8) is 0 Å². The van der Waals surface area contributed by atoms with Gasteiger partial charge in [0.2, 0.25) is 5.91 Å². The first kappa shape index (κ1) is 19.7. The van der Waals surface area contributed by atoms with Gasteiger partial charge >= 0.3 is 41.5 Å². The summed E-state index contributed by atoms with van der Waals surface area (Å²) in [7, 11) is 0. The van der Waals surface area contributed by atoms with Gasteiger partial charge in [0.05, 0.1) is 0 Å². The van der Waals surface area contributed by atoms with E-state index in [-0.39, 0.29) is 56.2 Å². The average Bonchev–Trinajstić information content (AvgIpc) is 2.23. The Morgan fingerprint density at radius 1 is 1.17 bits per heavy atom. The maximum absolute atomic E-state index is 11.4. The second-order valence-electron chi connectivity index (χ2n) is 3.85. The van der Waals surface area contributed by atoms with Crippen LogP contribution >= 0.6 is 0 Å². The number of rotatable bonds is 9. The summed E-state index contributed by atoms with van der Waals surface area (Å²) in [6, 6.07) is -1.11. The summed E-state index contributed by atoms with van der Waals surface area (Å²) in [6.45, 7) is 2.00. The number of hydrogen-bond donors (Lipinski definition) is 3. The van der Waals surface area contributed by atoms with Crippen LogP contribution in [0.3, 0.4) is 0 Å². The molecule has 1 amide bonds. The molecule has 0 heterocycles. The van der Waals surface area contributed by atoms with Crippen LogP contribution in [0.15, 0.2) is 0 Å². The fraction of sp³-hybridized carbons (Fsp3) is 0.727. The molecule has 0 aliphatic rings. The smallest absolute Gasteiger partial charge is 1.00 e. The van der Waals surface area contributed by atoms with Gasteiger partial charge < -0.3 is 17.0 Å². The number of carbonyl (C=O) groups excluding carboxylic acids is 1. The summed E-state index contributed by atoms with van der Waals surface area (Å²) in [5.41, 5.74) is 0. The van der Waals surface area contributed by atoms with Crippen molar-refractivity contribution in [2.24, 2.45) is 0 Å². The van der Waals surface area contributed by atoms with Gasteiger partial charge in [-0.3, -0.25) is 9.59 Å². The van der Waals surface area contributed by atoms with Gasteiger partial charge in [-0.2, -0.15) is 0 Å². The summed E-state index contributed by atoms with van der Waals surface area (Å²) in [5.74, 6) is -2.61. The summed E-state index contributed by atoms with van der Waals surface area (Å²) >= 11 is 0. The topological polar surface area (TPSA) is 104 Å². The van der Waals surface area contributed by atoms with Crippen LogP contribution in [0.4, 0.5) is 0 Å².